The Hall–Kier alpha value is -3.52. The van der Waals surface area contributed by atoms with Gasteiger partial charge in [-0.05, 0) is 24.3 Å². The smallest absolute Gasteiger partial charge is 0.337 e. The van der Waals surface area contributed by atoms with Crippen LogP contribution in [0.25, 0.3) is 6.08 Å². The number of carboxylic acid groups (broad SMARTS) is 1. The zero-order valence-electron chi connectivity index (χ0n) is 14.2. The number of benzene rings is 2. The Balaban J connectivity index is 1.70. The number of carbonyl (C=O) groups is 1. The number of fused-ring (bicyclic) bond motifs is 1. The van der Waals surface area contributed by atoms with Crippen LogP contribution in [0.1, 0.15) is 15.2 Å². The van der Waals surface area contributed by atoms with E-state index in [1.807, 2.05) is 24.3 Å². The van der Waals surface area contributed by atoms with Crippen molar-refractivity contribution in [3.8, 4) is 5.88 Å². The molecule has 0 radical (unpaired) electrons. The molecule has 8 heteroatoms. The summed E-state index contributed by atoms with van der Waals surface area (Å²) in [5.74, 6) is -0.694. The molecule has 1 aliphatic rings. The molecule has 0 unspecified atom stereocenters. The van der Waals surface area contributed by atoms with E-state index in [2.05, 4.69) is 15.0 Å². The first-order chi connectivity index (χ1) is 13.0. The Labute approximate surface area is 157 Å². The Morgan fingerprint density at radius 3 is 2.37 bits per heavy atom. The molecule has 0 amide bonds. The molecule has 134 valence electrons. The molecule has 1 aromatic heterocycles. The van der Waals surface area contributed by atoms with E-state index in [0.29, 0.717) is 21.5 Å². The summed E-state index contributed by atoms with van der Waals surface area (Å²) < 4.78 is 0. The fourth-order valence-electron chi connectivity index (χ4n) is 2.71. The van der Waals surface area contributed by atoms with Crippen molar-refractivity contribution in [2.45, 2.75) is 0 Å². The molecule has 3 aromatic rings. The lowest BCUT2D eigenvalue weighted by molar-refractivity contribution is 0.0697. The second kappa shape index (κ2) is 6.65. The molecule has 4 rings (SSSR count). The van der Waals surface area contributed by atoms with Gasteiger partial charge in [-0.1, -0.05) is 35.6 Å². The molecule has 1 aliphatic heterocycles. The maximum Gasteiger partial charge on any atom is 0.337 e. The van der Waals surface area contributed by atoms with Gasteiger partial charge in [0, 0.05) is 13.1 Å². The topological polar surface area (TPSA) is 98.4 Å². The highest BCUT2D eigenvalue weighted by Crippen LogP contribution is 2.36. The Morgan fingerprint density at radius 2 is 1.70 bits per heavy atom. The number of aromatic carboxylic acids is 1. The number of carboxylic acids is 1. The summed E-state index contributed by atoms with van der Waals surface area (Å²) in [6.45, 7) is 0. The van der Waals surface area contributed by atoms with E-state index >= 15 is 0 Å². The summed E-state index contributed by atoms with van der Waals surface area (Å²) in [4.78, 5) is 26.5. The van der Waals surface area contributed by atoms with Crippen molar-refractivity contribution in [3.63, 3.8) is 0 Å². The van der Waals surface area contributed by atoms with E-state index in [1.165, 1.54) is 17.4 Å². The van der Waals surface area contributed by atoms with E-state index in [4.69, 9.17) is 0 Å². The molecule has 0 aliphatic carbocycles. The maximum absolute atomic E-state index is 11.4. The molecule has 0 saturated heterocycles. The molecular weight excluding hydrogens is 364 g/mol. The van der Waals surface area contributed by atoms with Gasteiger partial charge in [0.2, 0.25) is 5.88 Å². The van der Waals surface area contributed by atoms with Crippen LogP contribution >= 0.6 is 11.3 Å². The van der Waals surface area contributed by atoms with Gasteiger partial charge in [-0.2, -0.15) is 4.98 Å². The Bertz CT molecular complexity index is 1160. The largest absolute Gasteiger partial charge is 0.492 e. The third-order valence-corrected chi connectivity index (χ3v) is 5.09. The van der Waals surface area contributed by atoms with Gasteiger partial charge in [0.25, 0.3) is 0 Å². The van der Waals surface area contributed by atoms with Gasteiger partial charge < -0.3 is 15.1 Å². The van der Waals surface area contributed by atoms with Crippen molar-refractivity contribution >= 4 is 34.2 Å². The maximum atomic E-state index is 11.4. The number of thiazole rings is 1. The third kappa shape index (κ3) is 3.18. The van der Waals surface area contributed by atoms with Crippen LogP contribution in [-0.4, -0.2) is 28.2 Å². The third-order valence-electron chi connectivity index (χ3n) is 4.02. The zero-order chi connectivity index (χ0) is 19.0. The van der Waals surface area contributed by atoms with Gasteiger partial charge in [-0.3, -0.25) is 0 Å². The summed E-state index contributed by atoms with van der Waals surface area (Å²) in [6, 6.07) is 14.1. The Kier molecular flexibility index (Phi) is 4.17. The molecule has 7 nitrogen and oxygen atoms in total. The fraction of sp³-hybridized carbons (Fsp3) is 0.0526. The number of nitrogens with zero attached hydrogens (tertiary/aromatic N) is 4. The highest BCUT2D eigenvalue weighted by atomic mass is 32.1. The van der Waals surface area contributed by atoms with Gasteiger partial charge in [0.1, 0.15) is 0 Å². The molecule has 0 saturated carbocycles. The first kappa shape index (κ1) is 16.9. The van der Waals surface area contributed by atoms with Crippen LogP contribution < -0.4 is 15.6 Å². The molecule has 0 fully saturated rings. The van der Waals surface area contributed by atoms with Crippen molar-refractivity contribution in [2.24, 2.45) is 9.98 Å². The molecule has 27 heavy (non-hydrogen) atoms. The van der Waals surface area contributed by atoms with Gasteiger partial charge in [0.05, 0.1) is 26.8 Å². The summed E-state index contributed by atoms with van der Waals surface area (Å²) in [6.07, 6.45) is 1.66. The number of hydrogen-bond donors (Lipinski definition) is 2. The average molecular weight is 378 g/mol. The second-order valence-electron chi connectivity index (χ2n) is 5.78. The average Bonchev–Trinajstić information content (AvgIpc) is 3.24. The predicted molar refractivity (Wildman–Crippen MR) is 102 cm³/mol. The summed E-state index contributed by atoms with van der Waals surface area (Å²) >= 11 is 1.22. The van der Waals surface area contributed by atoms with Gasteiger partial charge in [0.15, 0.2) is 11.0 Å². The van der Waals surface area contributed by atoms with Crippen molar-refractivity contribution in [2.75, 3.05) is 11.9 Å². The molecule has 0 atom stereocenters. The number of para-hydroxylation sites is 3. The number of hydrogen-bond acceptors (Lipinski definition) is 7. The van der Waals surface area contributed by atoms with Crippen LogP contribution in [0.2, 0.25) is 0 Å². The van der Waals surface area contributed by atoms with E-state index in [1.54, 1.807) is 36.2 Å². The Morgan fingerprint density at radius 1 is 1.07 bits per heavy atom. The quantitative estimate of drug-likeness (QED) is 0.727. The SMILES string of the molecule is CN(c1nc(O)c(C=C2N=c3ccccc3=N2)s1)c1ccccc1C(=O)O. The molecule has 0 spiro atoms. The van der Waals surface area contributed by atoms with Gasteiger partial charge in [-0.25, -0.2) is 14.8 Å². The van der Waals surface area contributed by atoms with Crippen LogP contribution in [0.15, 0.2) is 64.3 Å². The summed E-state index contributed by atoms with van der Waals surface area (Å²) in [7, 11) is 1.71. The second-order valence-corrected chi connectivity index (χ2v) is 6.79. The minimum absolute atomic E-state index is 0.150. The van der Waals surface area contributed by atoms with Crippen LogP contribution in [0.4, 0.5) is 10.8 Å². The van der Waals surface area contributed by atoms with Crippen molar-refractivity contribution in [1.82, 2.24) is 4.98 Å². The van der Waals surface area contributed by atoms with Gasteiger partial charge in [-0.15, -0.1) is 0 Å². The number of rotatable bonds is 4. The number of aromatic hydroxyl groups is 1. The van der Waals surface area contributed by atoms with Crippen LogP contribution in [0, 0.1) is 0 Å². The lowest BCUT2D eigenvalue weighted by atomic mass is 10.1. The number of aromatic nitrogens is 1. The fourth-order valence-corrected chi connectivity index (χ4v) is 3.57. The first-order valence-corrected chi connectivity index (χ1v) is 8.84. The molecule has 2 aromatic carbocycles. The molecule has 2 heterocycles. The summed E-state index contributed by atoms with van der Waals surface area (Å²) in [5.41, 5.74) is 0.645. The van der Waals surface area contributed by atoms with E-state index in [9.17, 15) is 15.0 Å². The highest BCUT2D eigenvalue weighted by molar-refractivity contribution is 7.16. The minimum Gasteiger partial charge on any atom is -0.492 e. The van der Waals surface area contributed by atoms with Crippen molar-refractivity contribution in [1.29, 1.82) is 0 Å². The van der Waals surface area contributed by atoms with Crippen LogP contribution in [0.5, 0.6) is 5.88 Å². The standard InChI is InChI=1S/C19H14N4O3S/c1-23(14-9-5-2-6-11(14)18(25)26)19-22-17(24)15(27-19)10-16-20-12-7-3-4-8-13(12)21-16/h2-10,24H,1H3,(H,25,26). The molecule has 2 N–H and O–H groups in total. The molecular formula is C19H14N4O3S. The first-order valence-electron chi connectivity index (χ1n) is 8.03. The van der Waals surface area contributed by atoms with Crippen LogP contribution in [-0.2, 0) is 0 Å². The van der Waals surface area contributed by atoms with Crippen molar-refractivity contribution in [3.05, 3.63) is 75.5 Å². The monoisotopic (exact) mass is 378 g/mol. The van der Waals surface area contributed by atoms with Gasteiger partial charge >= 0.3 is 5.97 Å². The normalized spacial score (nSPS) is 12.1. The highest BCUT2D eigenvalue weighted by Gasteiger charge is 2.18. The van der Waals surface area contributed by atoms with Crippen LogP contribution in [0.3, 0.4) is 0 Å². The predicted octanol–water partition coefficient (Wildman–Crippen LogP) is 2.57. The van der Waals surface area contributed by atoms with Crippen molar-refractivity contribution < 1.29 is 15.0 Å². The number of anilines is 2. The van der Waals surface area contributed by atoms with E-state index < -0.39 is 5.97 Å². The zero-order valence-corrected chi connectivity index (χ0v) is 15.0. The molecule has 0 bridgehead atoms. The minimum atomic E-state index is -1.03. The lowest BCUT2D eigenvalue weighted by Crippen LogP contribution is -2.19. The lowest BCUT2D eigenvalue weighted by Gasteiger charge is -2.17. The van der Waals surface area contributed by atoms with E-state index in [0.717, 1.165) is 10.7 Å². The summed E-state index contributed by atoms with van der Waals surface area (Å²) in [5, 5.41) is 21.6. The van der Waals surface area contributed by atoms with E-state index in [-0.39, 0.29) is 11.4 Å².